The number of aryl methyl sites for hydroxylation is 1. The molecule has 0 saturated carbocycles. The largest absolute Gasteiger partial charge is 0.356 e. The van der Waals surface area contributed by atoms with E-state index in [0.717, 1.165) is 53.2 Å². The third kappa shape index (κ3) is 3.54. The van der Waals surface area contributed by atoms with Crippen molar-refractivity contribution in [3.05, 3.63) is 59.3 Å². The van der Waals surface area contributed by atoms with Crippen molar-refractivity contribution < 1.29 is 14.2 Å². The van der Waals surface area contributed by atoms with E-state index in [1.54, 1.807) is 4.90 Å². The van der Waals surface area contributed by atoms with Gasteiger partial charge in [-0.15, -0.1) is 0 Å². The van der Waals surface area contributed by atoms with E-state index in [1.807, 2.05) is 6.07 Å². The first-order valence-electron chi connectivity index (χ1n) is 10.3. The second-order valence-electron chi connectivity index (χ2n) is 8.25. The molecule has 0 bridgehead atoms. The fourth-order valence-electron chi connectivity index (χ4n) is 4.67. The maximum absolute atomic E-state index is 11.6. The molecule has 5 rings (SSSR count). The molecule has 2 aliphatic heterocycles. The number of nitrogens with zero attached hydrogens (tertiary/aromatic N) is 1. The number of hydrogen-bond acceptors (Lipinski definition) is 3. The van der Waals surface area contributed by atoms with Crippen LogP contribution in [0.25, 0.3) is 11.0 Å². The first kappa shape index (κ1) is 17.4. The van der Waals surface area contributed by atoms with Gasteiger partial charge < -0.3 is 14.7 Å². The number of fused-ring (bicyclic) bond motifs is 2. The minimum absolute atomic E-state index is 0.0573. The maximum Gasteiger partial charge on any atom is 0.228 e. The van der Waals surface area contributed by atoms with Crippen molar-refractivity contribution in [3.8, 4) is 0 Å². The van der Waals surface area contributed by atoms with E-state index in [4.69, 9.17) is 4.52 Å². The molecule has 2 N–H and O–H groups in total. The quantitative estimate of drug-likeness (QED) is 0.720. The van der Waals surface area contributed by atoms with E-state index in [1.165, 1.54) is 31.5 Å². The highest BCUT2D eigenvalue weighted by atomic mass is 16.5. The van der Waals surface area contributed by atoms with Crippen LogP contribution >= 0.6 is 0 Å². The number of piperidine rings is 1. The van der Waals surface area contributed by atoms with E-state index >= 15 is 0 Å². The van der Waals surface area contributed by atoms with Crippen molar-refractivity contribution in [1.82, 2.24) is 5.16 Å². The zero-order chi connectivity index (χ0) is 18.9. The number of amides is 1. The Bertz CT molecular complexity index is 988. The van der Waals surface area contributed by atoms with Crippen molar-refractivity contribution >= 4 is 22.6 Å². The minimum atomic E-state index is 0.0573. The van der Waals surface area contributed by atoms with E-state index < -0.39 is 0 Å². The summed E-state index contributed by atoms with van der Waals surface area (Å²) < 4.78 is 5.53. The van der Waals surface area contributed by atoms with Crippen LogP contribution < -0.4 is 10.2 Å². The number of rotatable bonds is 5. The second kappa shape index (κ2) is 7.40. The van der Waals surface area contributed by atoms with Crippen LogP contribution in [0.4, 0.5) is 5.69 Å². The van der Waals surface area contributed by atoms with Gasteiger partial charge in [0.1, 0.15) is 6.54 Å². The molecule has 1 fully saturated rings. The smallest absolute Gasteiger partial charge is 0.228 e. The van der Waals surface area contributed by atoms with E-state index in [-0.39, 0.29) is 5.91 Å². The summed E-state index contributed by atoms with van der Waals surface area (Å²) in [7, 11) is 0. The zero-order valence-electron chi connectivity index (χ0n) is 16.0. The molecule has 0 radical (unpaired) electrons. The highest BCUT2D eigenvalue weighted by Gasteiger charge is 2.24. The summed E-state index contributed by atoms with van der Waals surface area (Å²) in [6.07, 6.45) is 5.14. The fourth-order valence-corrected chi connectivity index (χ4v) is 4.67. The van der Waals surface area contributed by atoms with Gasteiger partial charge in [0.25, 0.3) is 0 Å². The molecule has 3 heterocycles. The van der Waals surface area contributed by atoms with Gasteiger partial charge in [0.15, 0.2) is 5.58 Å². The molecule has 1 amide bonds. The molecule has 0 atom stereocenters. The SMILES string of the molecule is O=C1Cc2cc3c(CCC4CC[NH+](Cc5ccccc5)CC4)noc3cc2N1. The molecule has 5 heteroatoms. The Morgan fingerprint density at radius 2 is 1.96 bits per heavy atom. The normalized spacial score (nSPS) is 21.6. The molecule has 1 saturated heterocycles. The molecule has 1 aromatic heterocycles. The van der Waals surface area contributed by atoms with Gasteiger partial charge >= 0.3 is 0 Å². The van der Waals surface area contributed by atoms with E-state index in [2.05, 4.69) is 46.9 Å². The molecular weight excluding hydrogens is 350 g/mol. The predicted octanol–water partition coefficient (Wildman–Crippen LogP) is 2.75. The molecule has 0 spiro atoms. The lowest BCUT2D eigenvalue weighted by molar-refractivity contribution is -0.919. The highest BCUT2D eigenvalue weighted by molar-refractivity contribution is 6.02. The van der Waals surface area contributed by atoms with Gasteiger partial charge in [-0.1, -0.05) is 35.5 Å². The third-order valence-corrected chi connectivity index (χ3v) is 6.29. The molecule has 3 aromatic rings. The molecular formula is C23H26N3O2+. The Balaban J connectivity index is 1.17. The van der Waals surface area contributed by atoms with E-state index in [0.29, 0.717) is 6.42 Å². The number of likely N-dealkylation sites (tertiary alicyclic amines) is 1. The Morgan fingerprint density at radius 1 is 1.14 bits per heavy atom. The van der Waals surface area contributed by atoms with Crippen LogP contribution in [0, 0.1) is 5.92 Å². The van der Waals surface area contributed by atoms with Crippen LogP contribution in [0.5, 0.6) is 0 Å². The van der Waals surface area contributed by atoms with Crippen LogP contribution in [0.3, 0.4) is 0 Å². The van der Waals surface area contributed by atoms with E-state index in [9.17, 15) is 4.79 Å². The topological polar surface area (TPSA) is 59.6 Å². The summed E-state index contributed by atoms with van der Waals surface area (Å²) in [4.78, 5) is 13.3. The number of carbonyl (C=O) groups is 1. The minimum Gasteiger partial charge on any atom is -0.356 e. The van der Waals surface area contributed by atoms with Gasteiger partial charge in [0.2, 0.25) is 5.91 Å². The lowest BCUT2D eigenvalue weighted by atomic mass is 9.91. The Morgan fingerprint density at radius 3 is 2.79 bits per heavy atom. The van der Waals surface area contributed by atoms with Crippen molar-refractivity contribution in [1.29, 1.82) is 0 Å². The molecule has 28 heavy (non-hydrogen) atoms. The van der Waals surface area contributed by atoms with Crippen LogP contribution in [0.15, 0.2) is 47.0 Å². The Kier molecular flexibility index (Phi) is 4.61. The highest BCUT2D eigenvalue weighted by Crippen LogP contribution is 2.31. The Labute approximate surface area is 164 Å². The maximum atomic E-state index is 11.6. The summed E-state index contributed by atoms with van der Waals surface area (Å²) in [5.74, 6) is 0.825. The third-order valence-electron chi connectivity index (χ3n) is 6.29. The van der Waals surface area contributed by atoms with Crippen LogP contribution in [-0.2, 0) is 24.2 Å². The van der Waals surface area contributed by atoms with Gasteiger partial charge in [-0.05, 0) is 43.2 Å². The van der Waals surface area contributed by atoms with Crippen LogP contribution in [-0.4, -0.2) is 24.2 Å². The van der Waals surface area contributed by atoms with Gasteiger partial charge in [-0.25, -0.2) is 0 Å². The second-order valence-corrected chi connectivity index (χ2v) is 8.25. The van der Waals surface area contributed by atoms with Crippen molar-refractivity contribution in [2.24, 2.45) is 5.92 Å². The van der Waals surface area contributed by atoms with Gasteiger partial charge in [0.05, 0.1) is 25.2 Å². The number of nitrogens with one attached hydrogen (secondary N) is 2. The van der Waals surface area contributed by atoms with Crippen molar-refractivity contribution in [2.45, 2.75) is 38.6 Å². The summed E-state index contributed by atoms with van der Waals surface area (Å²) in [6, 6.07) is 14.8. The molecule has 5 nitrogen and oxygen atoms in total. The number of hydrogen-bond donors (Lipinski definition) is 2. The standard InChI is InChI=1S/C23H25N3O2/c27-23-13-18-12-19-20(25-28-22(19)14-21(18)24-23)7-6-16-8-10-26(11-9-16)15-17-4-2-1-3-5-17/h1-5,12,14,16H,6-11,13,15H2,(H,24,27)/p+1. The fraction of sp³-hybridized carbons (Fsp3) is 0.391. The first-order chi connectivity index (χ1) is 13.7. The number of anilines is 1. The average Bonchev–Trinajstić information content (AvgIpc) is 3.27. The summed E-state index contributed by atoms with van der Waals surface area (Å²) in [5, 5.41) is 8.26. The number of aromatic nitrogens is 1. The lowest BCUT2D eigenvalue weighted by Crippen LogP contribution is -3.11. The Hall–Kier alpha value is -2.66. The molecule has 0 aliphatic carbocycles. The monoisotopic (exact) mass is 376 g/mol. The van der Waals surface area contributed by atoms with Gasteiger partial charge in [0, 0.05) is 22.7 Å². The molecule has 0 unspecified atom stereocenters. The lowest BCUT2D eigenvalue weighted by Gasteiger charge is -2.29. The summed E-state index contributed by atoms with van der Waals surface area (Å²) >= 11 is 0. The molecule has 2 aliphatic rings. The van der Waals surface area contributed by atoms with Crippen LogP contribution in [0.1, 0.15) is 36.1 Å². The zero-order valence-corrected chi connectivity index (χ0v) is 16.0. The molecule has 144 valence electrons. The molecule has 2 aromatic carbocycles. The average molecular weight is 376 g/mol. The van der Waals surface area contributed by atoms with Crippen molar-refractivity contribution in [2.75, 3.05) is 18.4 Å². The van der Waals surface area contributed by atoms with Gasteiger partial charge in [-0.2, -0.15) is 0 Å². The number of quaternary nitrogens is 1. The van der Waals surface area contributed by atoms with Gasteiger partial charge in [-0.3, -0.25) is 4.79 Å². The first-order valence-corrected chi connectivity index (χ1v) is 10.3. The number of benzene rings is 2. The van der Waals surface area contributed by atoms with Crippen molar-refractivity contribution in [3.63, 3.8) is 0 Å². The van der Waals surface area contributed by atoms with Crippen LogP contribution in [0.2, 0.25) is 0 Å². The summed E-state index contributed by atoms with van der Waals surface area (Å²) in [5.41, 5.74) is 5.17. The summed E-state index contributed by atoms with van der Waals surface area (Å²) in [6.45, 7) is 3.64. The predicted molar refractivity (Wildman–Crippen MR) is 108 cm³/mol. The number of carbonyl (C=O) groups excluding carboxylic acids is 1.